The summed E-state index contributed by atoms with van der Waals surface area (Å²) in [5, 5.41) is 9.47. The lowest BCUT2D eigenvalue weighted by Crippen LogP contribution is -2.18. The molecule has 114 valence electrons. The monoisotopic (exact) mass is 290 g/mol. The Morgan fingerprint density at radius 1 is 1.43 bits per heavy atom. The highest BCUT2D eigenvalue weighted by molar-refractivity contribution is 6.01. The predicted octanol–water partition coefficient (Wildman–Crippen LogP) is 3.46. The van der Waals surface area contributed by atoms with Gasteiger partial charge in [-0.05, 0) is 18.6 Å². The van der Waals surface area contributed by atoms with Crippen molar-refractivity contribution in [3.05, 3.63) is 29.6 Å². The van der Waals surface area contributed by atoms with Gasteiger partial charge < -0.3 is 14.4 Å². The number of para-hydroxylation sites is 1. The van der Waals surface area contributed by atoms with Crippen molar-refractivity contribution in [3.8, 4) is 0 Å². The van der Waals surface area contributed by atoms with Crippen LogP contribution in [0.25, 0.3) is 11.0 Å². The van der Waals surface area contributed by atoms with E-state index in [-0.39, 0.29) is 12.0 Å². The molecule has 1 heterocycles. The Morgan fingerprint density at radius 3 is 2.67 bits per heavy atom. The third-order valence-corrected chi connectivity index (χ3v) is 3.68. The normalized spacial score (nSPS) is 13.0. The molecule has 0 aliphatic heterocycles. The number of aromatic nitrogens is 2. The van der Waals surface area contributed by atoms with Gasteiger partial charge in [-0.2, -0.15) is 0 Å². The van der Waals surface area contributed by atoms with E-state index in [0.717, 1.165) is 17.8 Å². The number of hydrogen-bond acceptors (Lipinski definition) is 3. The molecule has 1 N–H and O–H groups in total. The number of rotatable bonds is 6. The van der Waals surface area contributed by atoms with Gasteiger partial charge in [0.2, 0.25) is 0 Å². The number of imidazole rings is 1. The van der Waals surface area contributed by atoms with Gasteiger partial charge in [0.25, 0.3) is 0 Å². The molecule has 0 aliphatic rings. The lowest BCUT2D eigenvalue weighted by atomic mass is 10.1. The summed E-state index contributed by atoms with van der Waals surface area (Å²) < 4.78 is 7.36. The Bertz CT molecular complexity index is 646. The topological polar surface area (TPSA) is 64.4 Å². The first-order valence-corrected chi connectivity index (χ1v) is 7.24. The van der Waals surface area contributed by atoms with E-state index in [2.05, 4.69) is 25.8 Å². The fourth-order valence-electron chi connectivity index (χ4n) is 2.68. The first-order chi connectivity index (χ1) is 10.0. The van der Waals surface area contributed by atoms with Gasteiger partial charge in [0.15, 0.2) is 0 Å². The maximum Gasteiger partial charge on any atom is 0.337 e. The molecule has 0 spiro atoms. The van der Waals surface area contributed by atoms with Crippen LogP contribution in [-0.4, -0.2) is 34.3 Å². The standard InChI is InChI=1S/C16H22N2O3/c1-5-11(9-21-4)18-14-12(16(19)20)7-6-8-13(14)17-15(18)10(2)3/h6-8,10-11H,5,9H2,1-4H3,(H,19,20). The van der Waals surface area contributed by atoms with Crippen LogP contribution in [-0.2, 0) is 4.74 Å². The van der Waals surface area contributed by atoms with Crippen LogP contribution in [0, 0.1) is 0 Å². The van der Waals surface area contributed by atoms with E-state index < -0.39 is 5.97 Å². The molecule has 0 saturated heterocycles. The zero-order chi connectivity index (χ0) is 15.6. The highest BCUT2D eigenvalue weighted by Gasteiger charge is 2.23. The minimum Gasteiger partial charge on any atom is -0.478 e. The number of benzene rings is 1. The second-order valence-corrected chi connectivity index (χ2v) is 5.49. The molecule has 0 radical (unpaired) electrons. The van der Waals surface area contributed by atoms with Crippen LogP contribution >= 0.6 is 0 Å². The van der Waals surface area contributed by atoms with Gasteiger partial charge in [-0.25, -0.2) is 9.78 Å². The fourth-order valence-corrected chi connectivity index (χ4v) is 2.68. The highest BCUT2D eigenvalue weighted by Crippen LogP contribution is 2.30. The van der Waals surface area contributed by atoms with E-state index in [0.29, 0.717) is 17.7 Å². The van der Waals surface area contributed by atoms with Crippen LogP contribution in [0.4, 0.5) is 0 Å². The van der Waals surface area contributed by atoms with E-state index in [4.69, 9.17) is 4.74 Å². The molecule has 2 rings (SSSR count). The van der Waals surface area contributed by atoms with Crippen molar-refractivity contribution in [3.63, 3.8) is 0 Å². The summed E-state index contributed by atoms with van der Waals surface area (Å²) in [7, 11) is 1.66. The van der Waals surface area contributed by atoms with Crippen molar-refractivity contribution in [2.45, 2.75) is 39.2 Å². The average Bonchev–Trinajstić information content (AvgIpc) is 2.84. The summed E-state index contributed by atoms with van der Waals surface area (Å²) in [5.41, 5.74) is 1.72. The van der Waals surface area contributed by atoms with Gasteiger partial charge in [0, 0.05) is 13.0 Å². The molecule has 5 heteroatoms. The van der Waals surface area contributed by atoms with Crippen molar-refractivity contribution in [1.29, 1.82) is 0 Å². The molecular weight excluding hydrogens is 268 g/mol. The Labute approximate surface area is 124 Å². The van der Waals surface area contributed by atoms with Gasteiger partial charge in [0.1, 0.15) is 5.82 Å². The van der Waals surface area contributed by atoms with Gasteiger partial charge in [-0.3, -0.25) is 0 Å². The number of carbonyl (C=O) groups is 1. The van der Waals surface area contributed by atoms with E-state index in [9.17, 15) is 9.90 Å². The zero-order valence-corrected chi connectivity index (χ0v) is 13.0. The summed E-state index contributed by atoms with van der Waals surface area (Å²) in [6.45, 7) is 6.74. The van der Waals surface area contributed by atoms with Crippen LogP contribution < -0.4 is 0 Å². The minimum absolute atomic E-state index is 0.0814. The molecule has 5 nitrogen and oxygen atoms in total. The highest BCUT2D eigenvalue weighted by atomic mass is 16.5. The van der Waals surface area contributed by atoms with Crippen molar-refractivity contribution in [1.82, 2.24) is 9.55 Å². The molecular formula is C16H22N2O3. The molecule has 1 aromatic heterocycles. The van der Waals surface area contributed by atoms with Crippen molar-refractivity contribution < 1.29 is 14.6 Å². The maximum absolute atomic E-state index is 11.5. The van der Waals surface area contributed by atoms with Crippen molar-refractivity contribution in [2.75, 3.05) is 13.7 Å². The number of fused-ring (bicyclic) bond motifs is 1. The van der Waals surface area contributed by atoms with E-state index >= 15 is 0 Å². The molecule has 0 aliphatic carbocycles. The molecule has 2 aromatic rings. The molecule has 1 unspecified atom stereocenters. The smallest absolute Gasteiger partial charge is 0.337 e. The summed E-state index contributed by atoms with van der Waals surface area (Å²) in [4.78, 5) is 16.2. The number of carboxylic acids is 1. The largest absolute Gasteiger partial charge is 0.478 e. The lowest BCUT2D eigenvalue weighted by Gasteiger charge is -2.21. The summed E-state index contributed by atoms with van der Waals surface area (Å²) >= 11 is 0. The Kier molecular flexibility index (Phi) is 4.63. The fraction of sp³-hybridized carbons (Fsp3) is 0.500. The van der Waals surface area contributed by atoms with Gasteiger partial charge >= 0.3 is 5.97 Å². The van der Waals surface area contributed by atoms with Gasteiger partial charge in [-0.1, -0.05) is 26.8 Å². The maximum atomic E-state index is 11.5. The SMILES string of the molecule is CCC(COC)n1c(C(C)C)nc2cccc(C(=O)O)c21. The molecule has 1 aromatic carbocycles. The Morgan fingerprint density at radius 2 is 2.14 bits per heavy atom. The van der Waals surface area contributed by atoms with Gasteiger partial charge in [0.05, 0.1) is 29.2 Å². The van der Waals surface area contributed by atoms with E-state index in [1.54, 1.807) is 19.2 Å². The van der Waals surface area contributed by atoms with Crippen LogP contribution in [0.15, 0.2) is 18.2 Å². The van der Waals surface area contributed by atoms with Crippen LogP contribution in [0.5, 0.6) is 0 Å². The number of nitrogens with zero attached hydrogens (tertiary/aromatic N) is 2. The molecule has 0 amide bonds. The second-order valence-electron chi connectivity index (χ2n) is 5.49. The third kappa shape index (κ3) is 2.78. The minimum atomic E-state index is -0.927. The summed E-state index contributed by atoms with van der Waals surface area (Å²) in [6, 6.07) is 5.32. The van der Waals surface area contributed by atoms with Crippen LogP contribution in [0.3, 0.4) is 0 Å². The zero-order valence-electron chi connectivity index (χ0n) is 13.0. The predicted molar refractivity (Wildman–Crippen MR) is 82.0 cm³/mol. The number of ether oxygens (including phenoxy) is 1. The molecule has 0 saturated carbocycles. The quantitative estimate of drug-likeness (QED) is 0.885. The van der Waals surface area contributed by atoms with Crippen molar-refractivity contribution in [2.24, 2.45) is 0 Å². The van der Waals surface area contributed by atoms with Crippen LogP contribution in [0.1, 0.15) is 55.3 Å². The molecule has 1 atom stereocenters. The first-order valence-electron chi connectivity index (χ1n) is 7.24. The third-order valence-electron chi connectivity index (χ3n) is 3.68. The molecule has 0 bridgehead atoms. The molecule has 0 fully saturated rings. The second kappa shape index (κ2) is 6.26. The number of aromatic carboxylic acids is 1. The number of methoxy groups -OCH3 is 1. The molecule has 21 heavy (non-hydrogen) atoms. The average molecular weight is 290 g/mol. The van der Waals surface area contributed by atoms with Gasteiger partial charge in [-0.15, -0.1) is 0 Å². The first kappa shape index (κ1) is 15.5. The lowest BCUT2D eigenvalue weighted by molar-refractivity contribution is 0.0698. The van der Waals surface area contributed by atoms with Crippen LogP contribution in [0.2, 0.25) is 0 Å². The summed E-state index contributed by atoms with van der Waals surface area (Å²) in [5.74, 6) is 0.192. The number of carboxylic acid groups (broad SMARTS) is 1. The van der Waals surface area contributed by atoms with E-state index in [1.807, 2.05) is 10.6 Å². The summed E-state index contributed by atoms with van der Waals surface area (Å²) in [6.07, 6.45) is 0.854. The Hall–Kier alpha value is -1.88. The Balaban J connectivity index is 2.79. The van der Waals surface area contributed by atoms with Crippen molar-refractivity contribution >= 4 is 17.0 Å². The number of hydrogen-bond donors (Lipinski definition) is 1. The van der Waals surface area contributed by atoms with E-state index in [1.165, 1.54) is 0 Å².